The molecule has 0 saturated carbocycles. The van der Waals surface area contributed by atoms with E-state index in [1.165, 1.54) is 6.92 Å². The van der Waals surface area contributed by atoms with Gasteiger partial charge in [-0.2, -0.15) is 5.26 Å². The first kappa shape index (κ1) is 11.1. The van der Waals surface area contributed by atoms with Crippen LogP contribution in [0.1, 0.15) is 21.6 Å². The van der Waals surface area contributed by atoms with Crippen LogP contribution in [0.3, 0.4) is 0 Å². The van der Waals surface area contributed by atoms with Gasteiger partial charge in [-0.25, -0.2) is 4.98 Å². The fourth-order valence-corrected chi connectivity index (χ4v) is 1.40. The van der Waals surface area contributed by atoms with Crippen molar-refractivity contribution in [3.8, 4) is 6.07 Å². The van der Waals surface area contributed by atoms with Crippen LogP contribution in [0.4, 0.5) is 5.69 Å². The summed E-state index contributed by atoms with van der Waals surface area (Å²) in [5, 5.41) is 19.1. The van der Waals surface area contributed by atoms with Gasteiger partial charge in [0.05, 0.1) is 4.92 Å². The molecule has 76 valence electrons. The van der Waals surface area contributed by atoms with Crippen LogP contribution in [0.5, 0.6) is 0 Å². The van der Waals surface area contributed by atoms with Crippen LogP contribution >= 0.6 is 11.6 Å². The van der Waals surface area contributed by atoms with Crippen molar-refractivity contribution in [2.75, 3.05) is 0 Å². The molecule has 15 heavy (non-hydrogen) atoms. The Labute approximate surface area is 89.3 Å². The fraction of sp³-hybridized carbons (Fsp3) is 0.125. The number of nitriles is 1. The first-order chi connectivity index (χ1) is 7.02. The van der Waals surface area contributed by atoms with E-state index in [1.54, 1.807) is 6.07 Å². The van der Waals surface area contributed by atoms with E-state index in [0.29, 0.717) is 0 Å². The molecule has 0 aliphatic rings. The highest BCUT2D eigenvalue weighted by atomic mass is 35.5. The Morgan fingerprint density at radius 1 is 1.67 bits per heavy atom. The van der Waals surface area contributed by atoms with Crippen LogP contribution in [0, 0.1) is 28.4 Å². The Morgan fingerprint density at radius 2 is 2.27 bits per heavy atom. The van der Waals surface area contributed by atoms with E-state index in [4.69, 9.17) is 16.9 Å². The number of rotatable bonds is 2. The number of carbonyl (C=O) groups excluding carboxylic acids is 1. The molecule has 0 aromatic carbocycles. The number of nitro groups is 1. The van der Waals surface area contributed by atoms with Crippen molar-refractivity contribution in [2.45, 2.75) is 6.92 Å². The zero-order chi connectivity index (χ0) is 11.6. The molecule has 1 rings (SSSR count). The van der Waals surface area contributed by atoms with E-state index in [2.05, 4.69) is 4.98 Å². The molecule has 0 aliphatic heterocycles. The number of halogens is 1. The molecule has 0 spiro atoms. The SMILES string of the molecule is Cc1nc(Cl)c(C#N)c(C=O)c1[N+](=O)[O-]. The number of aryl methyl sites for hydroxylation is 1. The van der Waals surface area contributed by atoms with E-state index >= 15 is 0 Å². The molecular weight excluding hydrogens is 222 g/mol. The molecule has 0 aliphatic carbocycles. The Hall–Kier alpha value is -2.00. The van der Waals surface area contributed by atoms with Gasteiger partial charge in [0.1, 0.15) is 28.0 Å². The van der Waals surface area contributed by atoms with Gasteiger partial charge in [-0.15, -0.1) is 0 Å². The third-order valence-electron chi connectivity index (χ3n) is 1.75. The zero-order valence-corrected chi connectivity index (χ0v) is 8.28. The number of nitrogens with zero attached hydrogens (tertiary/aromatic N) is 3. The second-order valence-electron chi connectivity index (χ2n) is 2.61. The van der Waals surface area contributed by atoms with Crippen molar-refractivity contribution in [3.63, 3.8) is 0 Å². The zero-order valence-electron chi connectivity index (χ0n) is 7.52. The van der Waals surface area contributed by atoms with Crippen molar-refractivity contribution in [2.24, 2.45) is 0 Å². The van der Waals surface area contributed by atoms with Gasteiger partial charge in [0.15, 0.2) is 6.29 Å². The highest BCUT2D eigenvalue weighted by Gasteiger charge is 2.24. The third-order valence-corrected chi connectivity index (χ3v) is 2.03. The molecule has 0 saturated heterocycles. The summed E-state index contributed by atoms with van der Waals surface area (Å²) in [6, 6.07) is 1.61. The summed E-state index contributed by atoms with van der Waals surface area (Å²) in [5.74, 6) is 0. The van der Waals surface area contributed by atoms with Crippen LogP contribution < -0.4 is 0 Å². The predicted octanol–water partition coefficient (Wildman–Crippen LogP) is 1.64. The highest BCUT2D eigenvalue weighted by Crippen LogP contribution is 2.27. The summed E-state index contributed by atoms with van der Waals surface area (Å²) >= 11 is 5.58. The van der Waals surface area contributed by atoms with Gasteiger partial charge in [-0.05, 0) is 6.92 Å². The molecule has 7 heteroatoms. The maximum Gasteiger partial charge on any atom is 0.302 e. The smallest absolute Gasteiger partial charge is 0.298 e. The van der Waals surface area contributed by atoms with E-state index < -0.39 is 10.6 Å². The highest BCUT2D eigenvalue weighted by molar-refractivity contribution is 6.31. The second kappa shape index (κ2) is 4.02. The second-order valence-corrected chi connectivity index (χ2v) is 2.97. The minimum Gasteiger partial charge on any atom is -0.298 e. The predicted molar refractivity (Wildman–Crippen MR) is 50.7 cm³/mol. The summed E-state index contributed by atoms with van der Waals surface area (Å²) in [6.07, 6.45) is 0.233. The minimum absolute atomic E-state index is 0.00565. The molecular formula is C8H4ClN3O3. The van der Waals surface area contributed by atoms with Gasteiger partial charge in [-0.3, -0.25) is 14.9 Å². The van der Waals surface area contributed by atoms with E-state index in [9.17, 15) is 14.9 Å². The van der Waals surface area contributed by atoms with Gasteiger partial charge in [-0.1, -0.05) is 11.6 Å². The molecule has 0 bridgehead atoms. The number of aldehydes is 1. The Kier molecular flexibility index (Phi) is 2.97. The van der Waals surface area contributed by atoms with Gasteiger partial charge in [0, 0.05) is 0 Å². The number of aromatic nitrogens is 1. The minimum atomic E-state index is -0.761. The summed E-state index contributed by atoms with van der Waals surface area (Å²) in [4.78, 5) is 24.2. The fourth-order valence-electron chi connectivity index (χ4n) is 1.13. The van der Waals surface area contributed by atoms with E-state index in [0.717, 1.165) is 0 Å². The quantitative estimate of drug-likeness (QED) is 0.330. The standard InChI is InChI=1S/C8H4ClN3O3/c1-4-7(12(14)15)6(3-13)5(2-10)8(9)11-4/h3H,1H3. The molecule has 1 heterocycles. The maximum atomic E-state index is 10.7. The normalized spacial score (nSPS) is 9.40. The molecule has 0 amide bonds. The van der Waals surface area contributed by atoms with Gasteiger partial charge >= 0.3 is 5.69 Å². The molecule has 1 aromatic rings. The van der Waals surface area contributed by atoms with Crippen molar-refractivity contribution in [1.29, 1.82) is 5.26 Å². The average molecular weight is 226 g/mol. The van der Waals surface area contributed by atoms with Crippen LogP contribution in [0.2, 0.25) is 5.15 Å². The lowest BCUT2D eigenvalue weighted by Crippen LogP contribution is -2.03. The van der Waals surface area contributed by atoms with E-state index in [1.807, 2.05) is 0 Å². The van der Waals surface area contributed by atoms with Crippen molar-refractivity contribution >= 4 is 23.6 Å². The van der Waals surface area contributed by atoms with Crippen molar-refractivity contribution in [1.82, 2.24) is 4.98 Å². The number of carbonyl (C=O) groups is 1. The monoisotopic (exact) mass is 225 g/mol. The number of hydrogen-bond donors (Lipinski definition) is 0. The van der Waals surface area contributed by atoms with Gasteiger partial charge in [0.2, 0.25) is 0 Å². The average Bonchev–Trinajstić information content (AvgIpc) is 2.15. The first-order valence-electron chi connectivity index (χ1n) is 3.72. The summed E-state index contributed by atoms with van der Waals surface area (Å²) in [5.41, 5.74) is -1.08. The van der Waals surface area contributed by atoms with Crippen molar-refractivity contribution < 1.29 is 9.72 Å². The number of hydrogen-bond acceptors (Lipinski definition) is 5. The molecule has 0 N–H and O–H groups in total. The molecule has 0 fully saturated rings. The van der Waals surface area contributed by atoms with Crippen LogP contribution in [-0.4, -0.2) is 16.2 Å². The summed E-state index contributed by atoms with van der Waals surface area (Å²) in [7, 11) is 0. The van der Waals surface area contributed by atoms with Gasteiger partial charge < -0.3 is 0 Å². The lowest BCUT2D eigenvalue weighted by atomic mass is 10.1. The Balaban J connectivity index is 3.74. The Bertz CT molecular complexity index is 493. The lowest BCUT2D eigenvalue weighted by molar-refractivity contribution is -0.385. The molecule has 0 atom stereocenters. The molecule has 0 unspecified atom stereocenters. The van der Waals surface area contributed by atoms with Crippen LogP contribution in [0.15, 0.2) is 0 Å². The van der Waals surface area contributed by atoms with Crippen molar-refractivity contribution in [3.05, 3.63) is 32.1 Å². The van der Waals surface area contributed by atoms with Crippen LogP contribution in [0.25, 0.3) is 0 Å². The number of pyridine rings is 1. The maximum absolute atomic E-state index is 10.7. The summed E-state index contributed by atoms with van der Waals surface area (Å²) in [6.45, 7) is 1.35. The molecule has 0 radical (unpaired) electrons. The van der Waals surface area contributed by atoms with Crippen LogP contribution in [-0.2, 0) is 0 Å². The van der Waals surface area contributed by atoms with E-state index in [-0.39, 0.29) is 28.3 Å². The topological polar surface area (TPSA) is 96.9 Å². The first-order valence-corrected chi connectivity index (χ1v) is 4.10. The molecule has 6 nitrogen and oxygen atoms in total. The molecule has 1 aromatic heterocycles. The largest absolute Gasteiger partial charge is 0.302 e. The lowest BCUT2D eigenvalue weighted by Gasteiger charge is -2.02. The van der Waals surface area contributed by atoms with Gasteiger partial charge in [0.25, 0.3) is 0 Å². The summed E-state index contributed by atoms with van der Waals surface area (Å²) < 4.78 is 0. The third kappa shape index (κ3) is 1.78. The Morgan fingerprint density at radius 3 is 2.67 bits per heavy atom.